The molecule has 5 heterocycles. The van der Waals surface area contributed by atoms with Gasteiger partial charge >= 0.3 is 0 Å². The molecule has 0 bridgehead atoms. The summed E-state index contributed by atoms with van der Waals surface area (Å²) in [5.41, 5.74) is 3.38. The number of sulfonamides is 1. The first kappa shape index (κ1) is 26.9. The van der Waals surface area contributed by atoms with Crippen LogP contribution >= 0.6 is 22.7 Å². The number of rotatable bonds is 8. The van der Waals surface area contributed by atoms with Crippen molar-refractivity contribution in [3.05, 3.63) is 76.7 Å². The normalized spacial score (nSPS) is 14.8. The zero-order valence-corrected chi connectivity index (χ0v) is 25.2. The molecule has 0 spiro atoms. The Morgan fingerprint density at radius 3 is 2.58 bits per heavy atom. The molecule has 1 saturated heterocycles. The highest BCUT2D eigenvalue weighted by Gasteiger charge is 2.30. The van der Waals surface area contributed by atoms with E-state index in [0.717, 1.165) is 65.8 Å². The first-order valence-electron chi connectivity index (χ1n) is 13.4. The number of benzene rings is 1. The molecular formula is C29H32N6O2S3. The lowest BCUT2D eigenvalue weighted by Gasteiger charge is -2.35. The van der Waals surface area contributed by atoms with Gasteiger partial charge in [-0.3, -0.25) is 9.21 Å². The predicted octanol–water partition coefficient (Wildman–Crippen LogP) is 5.98. The molecule has 0 amide bonds. The Morgan fingerprint density at radius 1 is 1.05 bits per heavy atom. The number of pyridine rings is 1. The summed E-state index contributed by atoms with van der Waals surface area (Å²) in [6.45, 7) is 10.5. The maximum absolute atomic E-state index is 13.6. The lowest BCUT2D eigenvalue weighted by atomic mass is 10.2. The van der Waals surface area contributed by atoms with Crippen LogP contribution in [-0.2, 0) is 16.6 Å². The van der Waals surface area contributed by atoms with Crippen LogP contribution in [0.4, 0.5) is 11.5 Å². The maximum Gasteiger partial charge on any atom is 0.274 e. The second-order valence-corrected chi connectivity index (χ2v) is 14.4. The minimum absolute atomic E-state index is 0.252. The van der Waals surface area contributed by atoms with Crippen molar-refractivity contribution in [2.45, 2.75) is 37.6 Å². The molecule has 1 N–H and O–H groups in total. The average molecular weight is 593 g/mol. The molecule has 40 heavy (non-hydrogen) atoms. The number of hydrogen-bond donors (Lipinski definition) is 1. The highest BCUT2D eigenvalue weighted by atomic mass is 32.2. The first-order chi connectivity index (χ1) is 19.3. The van der Waals surface area contributed by atoms with Crippen LogP contribution in [0.5, 0.6) is 0 Å². The summed E-state index contributed by atoms with van der Waals surface area (Å²) in [5, 5.41) is 3.65. The lowest BCUT2D eigenvalue weighted by molar-refractivity contribution is 0.251. The fraction of sp³-hybridized carbons (Fsp3) is 0.310. The van der Waals surface area contributed by atoms with Gasteiger partial charge in [0.05, 0.1) is 16.9 Å². The minimum atomic E-state index is -3.69. The van der Waals surface area contributed by atoms with Crippen molar-refractivity contribution in [1.82, 2.24) is 19.9 Å². The van der Waals surface area contributed by atoms with E-state index >= 15 is 0 Å². The van der Waals surface area contributed by atoms with Crippen molar-refractivity contribution in [2.75, 3.05) is 35.4 Å². The first-order valence-corrected chi connectivity index (χ1v) is 16.5. The molecule has 208 valence electrons. The highest BCUT2D eigenvalue weighted by molar-refractivity contribution is 7.94. The molecule has 0 saturated carbocycles. The largest absolute Gasteiger partial charge is 0.354 e. The molecule has 1 aromatic carbocycles. The molecule has 11 heteroatoms. The monoisotopic (exact) mass is 592 g/mol. The molecule has 4 aromatic heterocycles. The van der Waals surface area contributed by atoms with Gasteiger partial charge in [0.1, 0.15) is 15.0 Å². The molecule has 1 fully saturated rings. The van der Waals surface area contributed by atoms with E-state index in [1.807, 2.05) is 51.2 Å². The van der Waals surface area contributed by atoms with Crippen LogP contribution in [-0.4, -0.2) is 60.5 Å². The number of aryl methyl sites for hydroxylation is 1. The number of anilines is 2. The Hall–Kier alpha value is -3.25. The summed E-state index contributed by atoms with van der Waals surface area (Å²) < 4.78 is 29.0. The molecule has 0 radical (unpaired) electrons. The Kier molecular flexibility index (Phi) is 7.39. The smallest absolute Gasteiger partial charge is 0.274 e. The van der Waals surface area contributed by atoms with Crippen LogP contribution in [0.15, 0.2) is 70.4 Å². The van der Waals surface area contributed by atoms with Crippen LogP contribution in [0.1, 0.15) is 24.4 Å². The third kappa shape index (κ3) is 5.26. The van der Waals surface area contributed by atoms with E-state index in [4.69, 9.17) is 4.98 Å². The van der Waals surface area contributed by atoms with Gasteiger partial charge in [-0.05, 0) is 56.5 Å². The summed E-state index contributed by atoms with van der Waals surface area (Å²) in [7, 11) is -3.69. The standard InChI is InChI=1S/C29H32N6O2S3/c1-20(2)35(40(36,37)27-11-6-16-38-27)25-9-5-8-22-17-24(32-28(22)25)29-30-18-23(39-29)19-33-12-14-34(15-13-33)26-10-4-7-21(3)31-26/h4-11,16-18,20,32H,12-15,19H2,1-3H3. The van der Waals surface area contributed by atoms with E-state index in [1.165, 1.54) is 20.5 Å². The summed E-state index contributed by atoms with van der Waals surface area (Å²) in [6, 6.07) is 17.2. The summed E-state index contributed by atoms with van der Waals surface area (Å²) >= 11 is 2.91. The van der Waals surface area contributed by atoms with E-state index in [2.05, 4.69) is 38.0 Å². The van der Waals surface area contributed by atoms with Crippen molar-refractivity contribution in [3.63, 3.8) is 0 Å². The van der Waals surface area contributed by atoms with Gasteiger partial charge in [0.15, 0.2) is 0 Å². The Morgan fingerprint density at radius 2 is 1.85 bits per heavy atom. The number of aromatic nitrogens is 3. The van der Waals surface area contributed by atoms with Crippen molar-refractivity contribution >= 4 is 55.1 Å². The molecule has 0 unspecified atom stereocenters. The Labute approximate surface area is 243 Å². The van der Waals surface area contributed by atoms with E-state index < -0.39 is 10.0 Å². The average Bonchev–Trinajstić information content (AvgIpc) is 3.70. The fourth-order valence-corrected chi connectivity index (χ4v) is 8.88. The molecule has 8 nitrogen and oxygen atoms in total. The van der Waals surface area contributed by atoms with Crippen molar-refractivity contribution in [1.29, 1.82) is 0 Å². The second kappa shape index (κ2) is 11.0. The van der Waals surface area contributed by atoms with Crippen LogP contribution in [0.25, 0.3) is 21.6 Å². The van der Waals surface area contributed by atoms with Gasteiger partial charge in [-0.1, -0.05) is 24.3 Å². The molecule has 0 aliphatic carbocycles. The molecule has 1 aliphatic rings. The molecule has 5 aromatic rings. The van der Waals surface area contributed by atoms with Gasteiger partial charge in [-0.25, -0.2) is 18.4 Å². The molecule has 0 atom stereocenters. The van der Waals surface area contributed by atoms with Crippen molar-refractivity contribution in [3.8, 4) is 10.7 Å². The van der Waals surface area contributed by atoms with Gasteiger partial charge in [0.25, 0.3) is 10.0 Å². The van der Waals surface area contributed by atoms with E-state index in [1.54, 1.807) is 28.8 Å². The quantitative estimate of drug-likeness (QED) is 0.239. The Bertz CT molecular complexity index is 1720. The number of para-hydroxylation sites is 1. The van der Waals surface area contributed by atoms with Crippen LogP contribution < -0.4 is 9.21 Å². The number of fused-ring (bicyclic) bond motifs is 1. The summed E-state index contributed by atoms with van der Waals surface area (Å²) in [5.74, 6) is 1.05. The topological polar surface area (TPSA) is 85.4 Å². The van der Waals surface area contributed by atoms with Gasteiger partial charge < -0.3 is 9.88 Å². The predicted molar refractivity (Wildman–Crippen MR) is 165 cm³/mol. The van der Waals surface area contributed by atoms with Gasteiger partial charge in [-0.15, -0.1) is 22.7 Å². The number of H-pyrrole nitrogens is 1. The summed E-state index contributed by atoms with van der Waals surface area (Å²) in [4.78, 5) is 18.9. The van der Waals surface area contributed by atoms with Crippen LogP contribution in [0, 0.1) is 6.92 Å². The number of piperazine rings is 1. The molecule has 1 aliphatic heterocycles. The van der Waals surface area contributed by atoms with E-state index in [9.17, 15) is 8.42 Å². The van der Waals surface area contributed by atoms with E-state index in [-0.39, 0.29) is 6.04 Å². The number of nitrogens with zero attached hydrogens (tertiary/aromatic N) is 5. The highest BCUT2D eigenvalue weighted by Crippen LogP contribution is 2.36. The zero-order valence-electron chi connectivity index (χ0n) is 22.7. The number of thiazole rings is 1. The van der Waals surface area contributed by atoms with E-state index in [0.29, 0.717) is 9.90 Å². The SMILES string of the molecule is Cc1cccc(N2CCN(Cc3cnc(-c4cc5cccc(N(C(C)C)S(=O)(=O)c6cccs6)c5[nH]4)s3)CC2)n1. The minimum Gasteiger partial charge on any atom is -0.354 e. The third-order valence-electron chi connectivity index (χ3n) is 7.08. The van der Waals surface area contributed by atoms with Gasteiger partial charge in [0, 0.05) is 60.9 Å². The summed E-state index contributed by atoms with van der Waals surface area (Å²) in [6.07, 6.45) is 1.96. The number of nitrogens with one attached hydrogen (secondary N) is 1. The number of aromatic amines is 1. The van der Waals surface area contributed by atoms with Crippen molar-refractivity contribution < 1.29 is 8.42 Å². The zero-order chi connectivity index (χ0) is 27.9. The van der Waals surface area contributed by atoms with Crippen LogP contribution in [0.2, 0.25) is 0 Å². The molecule has 6 rings (SSSR count). The van der Waals surface area contributed by atoms with Crippen LogP contribution in [0.3, 0.4) is 0 Å². The number of thiophene rings is 1. The third-order valence-corrected chi connectivity index (χ3v) is 11.5. The second-order valence-electron chi connectivity index (χ2n) is 10.3. The van der Waals surface area contributed by atoms with Gasteiger partial charge in [-0.2, -0.15) is 0 Å². The van der Waals surface area contributed by atoms with Gasteiger partial charge in [0.2, 0.25) is 0 Å². The maximum atomic E-state index is 13.6. The Balaban J connectivity index is 1.20. The van der Waals surface area contributed by atoms with Crippen molar-refractivity contribution in [2.24, 2.45) is 0 Å². The molecular weight excluding hydrogens is 561 g/mol. The lowest BCUT2D eigenvalue weighted by Crippen LogP contribution is -2.46. The fourth-order valence-electron chi connectivity index (χ4n) is 5.20. The number of hydrogen-bond acceptors (Lipinski definition) is 8.